The van der Waals surface area contributed by atoms with Crippen LogP contribution in [0.4, 0.5) is 0 Å². The molecule has 0 aliphatic rings. The average molecular weight is 296 g/mol. The summed E-state index contributed by atoms with van der Waals surface area (Å²) < 4.78 is 0. The molecule has 1 aromatic carbocycles. The number of nitrogens with one attached hydrogen (secondary N) is 3. The van der Waals surface area contributed by atoms with Gasteiger partial charge in [0.25, 0.3) is 11.5 Å². The van der Waals surface area contributed by atoms with Crippen molar-refractivity contribution in [2.75, 3.05) is 14.1 Å². The highest BCUT2D eigenvalue weighted by atomic mass is 16.1. The summed E-state index contributed by atoms with van der Waals surface area (Å²) in [5, 5.41) is 14.8. The zero-order valence-corrected chi connectivity index (χ0v) is 12.4. The van der Waals surface area contributed by atoms with Crippen molar-refractivity contribution in [1.82, 2.24) is 15.6 Å². The summed E-state index contributed by atoms with van der Waals surface area (Å²) in [6.07, 6.45) is 0. The molecule has 1 amide bonds. The zero-order chi connectivity index (χ0) is 16.1. The van der Waals surface area contributed by atoms with Crippen molar-refractivity contribution >= 4 is 5.91 Å². The maximum atomic E-state index is 12.3. The molecular formula is C16H16N4O2. The third-order valence-corrected chi connectivity index (χ3v) is 3.28. The number of aromatic nitrogens is 1. The highest BCUT2D eigenvalue weighted by Crippen LogP contribution is 2.27. The number of amides is 1. The Hall–Kier alpha value is -2.91. The number of rotatable bonds is 4. The smallest absolute Gasteiger partial charge is 0.266 e. The van der Waals surface area contributed by atoms with Crippen molar-refractivity contribution in [1.29, 1.82) is 5.26 Å². The lowest BCUT2D eigenvalue weighted by atomic mass is 9.94. The van der Waals surface area contributed by atoms with Gasteiger partial charge in [0.1, 0.15) is 11.6 Å². The van der Waals surface area contributed by atoms with Crippen molar-refractivity contribution in [2.24, 2.45) is 0 Å². The SMILES string of the molecule is CNCc1[nH]c(=O)c(C#N)c(-c2ccccc2)c1C(=O)NC. The van der Waals surface area contributed by atoms with Gasteiger partial charge in [-0.15, -0.1) is 0 Å². The molecule has 2 aromatic rings. The van der Waals surface area contributed by atoms with E-state index in [1.807, 2.05) is 12.1 Å². The molecule has 0 atom stereocenters. The predicted molar refractivity (Wildman–Crippen MR) is 83.4 cm³/mol. The van der Waals surface area contributed by atoms with Crippen LogP contribution in [0.3, 0.4) is 0 Å². The molecule has 3 N–H and O–H groups in total. The normalized spacial score (nSPS) is 10.0. The second-order valence-corrected chi connectivity index (χ2v) is 4.64. The molecule has 0 spiro atoms. The second kappa shape index (κ2) is 6.70. The fraction of sp³-hybridized carbons (Fsp3) is 0.188. The van der Waals surface area contributed by atoms with Gasteiger partial charge in [-0.05, 0) is 12.6 Å². The van der Waals surface area contributed by atoms with Crippen LogP contribution in [0.1, 0.15) is 21.6 Å². The quantitative estimate of drug-likeness (QED) is 0.783. The van der Waals surface area contributed by atoms with Crippen LogP contribution >= 0.6 is 0 Å². The third-order valence-electron chi connectivity index (χ3n) is 3.28. The fourth-order valence-electron chi connectivity index (χ4n) is 2.34. The third kappa shape index (κ3) is 2.75. The minimum atomic E-state index is -0.501. The Bertz CT molecular complexity index is 788. The number of benzene rings is 1. The lowest BCUT2D eigenvalue weighted by molar-refractivity contribution is 0.0962. The van der Waals surface area contributed by atoms with E-state index in [2.05, 4.69) is 15.6 Å². The lowest BCUT2D eigenvalue weighted by Crippen LogP contribution is -2.28. The molecule has 0 saturated heterocycles. The van der Waals surface area contributed by atoms with Crippen LogP contribution in [-0.4, -0.2) is 25.0 Å². The fourth-order valence-corrected chi connectivity index (χ4v) is 2.34. The summed E-state index contributed by atoms with van der Waals surface area (Å²) in [6.45, 7) is 0.309. The van der Waals surface area contributed by atoms with Gasteiger partial charge in [-0.25, -0.2) is 0 Å². The standard InChI is InChI=1S/C16H16N4O2/c1-18-9-12-14(16(22)19-2)13(10-6-4-3-5-7-10)11(8-17)15(21)20-12/h3-7,18H,9H2,1-2H3,(H,19,22)(H,20,21). The molecule has 0 unspecified atom stereocenters. The first kappa shape index (κ1) is 15.5. The Balaban J connectivity index is 2.91. The molecular weight excluding hydrogens is 280 g/mol. The maximum absolute atomic E-state index is 12.3. The Kier molecular flexibility index (Phi) is 4.71. The largest absolute Gasteiger partial charge is 0.355 e. The van der Waals surface area contributed by atoms with Gasteiger partial charge in [-0.1, -0.05) is 30.3 Å². The summed E-state index contributed by atoms with van der Waals surface area (Å²) in [6, 6.07) is 10.9. The average Bonchev–Trinajstić information content (AvgIpc) is 2.54. The molecule has 1 heterocycles. The number of pyridine rings is 1. The molecule has 2 rings (SSSR count). The highest BCUT2D eigenvalue weighted by molar-refractivity contribution is 6.03. The van der Waals surface area contributed by atoms with E-state index in [9.17, 15) is 14.9 Å². The minimum absolute atomic E-state index is 0.0651. The van der Waals surface area contributed by atoms with Gasteiger partial charge < -0.3 is 15.6 Å². The number of carbonyl (C=O) groups excluding carboxylic acids is 1. The molecule has 6 heteroatoms. The summed E-state index contributed by atoms with van der Waals surface area (Å²) >= 11 is 0. The first-order chi connectivity index (χ1) is 10.6. The van der Waals surface area contributed by atoms with E-state index in [0.717, 1.165) is 0 Å². The number of aromatic amines is 1. The Morgan fingerprint density at radius 2 is 1.95 bits per heavy atom. The van der Waals surface area contributed by atoms with Crippen molar-refractivity contribution in [2.45, 2.75) is 6.54 Å². The summed E-state index contributed by atoms with van der Waals surface area (Å²) in [4.78, 5) is 27.1. The van der Waals surface area contributed by atoms with Crippen molar-refractivity contribution in [3.8, 4) is 17.2 Å². The van der Waals surface area contributed by atoms with E-state index < -0.39 is 5.56 Å². The number of carbonyl (C=O) groups is 1. The Labute approximate surface area is 127 Å². The second-order valence-electron chi connectivity index (χ2n) is 4.64. The first-order valence-corrected chi connectivity index (χ1v) is 6.75. The first-order valence-electron chi connectivity index (χ1n) is 6.75. The molecule has 6 nitrogen and oxygen atoms in total. The Morgan fingerprint density at radius 3 is 2.50 bits per heavy atom. The molecule has 112 valence electrons. The van der Waals surface area contributed by atoms with Crippen LogP contribution in [0.2, 0.25) is 0 Å². The van der Waals surface area contributed by atoms with Gasteiger partial charge in [0, 0.05) is 24.8 Å². The summed E-state index contributed by atoms with van der Waals surface area (Å²) in [7, 11) is 3.23. The van der Waals surface area contributed by atoms with Gasteiger partial charge in [-0.3, -0.25) is 9.59 Å². The topological polar surface area (TPSA) is 97.8 Å². The van der Waals surface area contributed by atoms with Crippen LogP contribution in [0, 0.1) is 11.3 Å². The van der Waals surface area contributed by atoms with Crippen molar-refractivity contribution in [3.63, 3.8) is 0 Å². The highest BCUT2D eigenvalue weighted by Gasteiger charge is 2.23. The van der Waals surface area contributed by atoms with Gasteiger partial charge in [0.15, 0.2) is 0 Å². The molecule has 0 saturated carbocycles. The minimum Gasteiger partial charge on any atom is -0.355 e. The number of nitriles is 1. The number of H-pyrrole nitrogens is 1. The van der Waals surface area contributed by atoms with Gasteiger partial charge in [-0.2, -0.15) is 5.26 Å². The Morgan fingerprint density at radius 1 is 1.27 bits per heavy atom. The number of hydrogen-bond acceptors (Lipinski definition) is 4. The van der Waals surface area contributed by atoms with Crippen LogP contribution in [0.25, 0.3) is 11.1 Å². The van der Waals surface area contributed by atoms with Crippen LogP contribution in [0.5, 0.6) is 0 Å². The van der Waals surface area contributed by atoms with Gasteiger partial charge in [0.05, 0.1) is 5.56 Å². The van der Waals surface area contributed by atoms with E-state index >= 15 is 0 Å². The zero-order valence-electron chi connectivity index (χ0n) is 12.4. The van der Waals surface area contributed by atoms with E-state index in [4.69, 9.17) is 0 Å². The van der Waals surface area contributed by atoms with Crippen LogP contribution < -0.4 is 16.2 Å². The summed E-state index contributed by atoms with van der Waals surface area (Å²) in [5.41, 5.74) is 1.20. The van der Waals surface area contributed by atoms with E-state index in [1.54, 1.807) is 31.3 Å². The summed E-state index contributed by atoms with van der Waals surface area (Å²) in [5.74, 6) is -0.350. The molecule has 0 aliphatic carbocycles. The van der Waals surface area contributed by atoms with Crippen molar-refractivity contribution < 1.29 is 4.79 Å². The van der Waals surface area contributed by atoms with Crippen molar-refractivity contribution in [3.05, 3.63) is 57.5 Å². The predicted octanol–water partition coefficient (Wildman–Crippen LogP) is 0.993. The molecule has 1 aromatic heterocycles. The maximum Gasteiger partial charge on any atom is 0.266 e. The number of nitrogens with zero attached hydrogens (tertiary/aromatic N) is 1. The van der Waals surface area contributed by atoms with Crippen LogP contribution in [-0.2, 0) is 6.54 Å². The van der Waals surface area contributed by atoms with Gasteiger partial charge >= 0.3 is 0 Å². The molecule has 0 fully saturated rings. The van der Waals surface area contributed by atoms with E-state index in [-0.39, 0.29) is 11.5 Å². The van der Waals surface area contributed by atoms with E-state index in [0.29, 0.717) is 28.9 Å². The van der Waals surface area contributed by atoms with E-state index in [1.165, 1.54) is 7.05 Å². The number of hydrogen-bond donors (Lipinski definition) is 3. The van der Waals surface area contributed by atoms with Crippen LogP contribution in [0.15, 0.2) is 35.1 Å². The molecule has 22 heavy (non-hydrogen) atoms. The lowest BCUT2D eigenvalue weighted by Gasteiger charge is -2.15. The molecule has 0 radical (unpaired) electrons. The molecule has 0 aliphatic heterocycles. The molecule has 0 bridgehead atoms. The monoisotopic (exact) mass is 296 g/mol. The van der Waals surface area contributed by atoms with Gasteiger partial charge in [0.2, 0.25) is 0 Å².